The third-order valence-corrected chi connectivity index (χ3v) is 3.83. The molecule has 1 aliphatic heterocycles. The molecule has 0 aliphatic carbocycles. The van der Waals surface area contributed by atoms with Crippen molar-refractivity contribution in [3.63, 3.8) is 0 Å². The molecule has 21 heavy (non-hydrogen) atoms. The van der Waals surface area contributed by atoms with Crippen LogP contribution in [0.5, 0.6) is 0 Å². The molecule has 0 radical (unpaired) electrons. The Labute approximate surface area is 126 Å². The molecule has 2 heterocycles. The molecule has 2 rings (SSSR count). The molecule has 0 saturated carbocycles. The van der Waals surface area contributed by atoms with E-state index in [9.17, 15) is 4.39 Å². The van der Waals surface area contributed by atoms with Crippen molar-refractivity contribution in [3.05, 3.63) is 23.6 Å². The second kappa shape index (κ2) is 6.71. The lowest BCUT2D eigenvalue weighted by molar-refractivity contribution is 0.0816. The number of nitrogens with one attached hydrogen (secondary N) is 1. The Balaban J connectivity index is 2.07. The Hall–Kier alpha value is -1.20. The van der Waals surface area contributed by atoms with Crippen LogP contribution in [0.2, 0.25) is 0 Å². The van der Waals surface area contributed by atoms with Crippen LogP contribution in [0, 0.1) is 5.82 Å². The lowest BCUT2D eigenvalue weighted by Gasteiger charge is -2.32. The normalized spacial score (nSPS) is 17.3. The Morgan fingerprint density at radius 1 is 1.38 bits per heavy atom. The molecule has 1 aliphatic rings. The van der Waals surface area contributed by atoms with Crippen LogP contribution in [-0.4, -0.2) is 36.8 Å². The molecule has 0 bridgehead atoms. The summed E-state index contributed by atoms with van der Waals surface area (Å²) in [6, 6.07) is 1.75. The van der Waals surface area contributed by atoms with Crippen molar-refractivity contribution in [1.29, 1.82) is 0 Å². The molecule has 4 nitrogen and oxygen atoms in total. The summed E-state index contributed by atoms with van der Waals surface area (Å²) in [5.41, 5.74) is 0.635. The van der Waals surface area contributed by atoms with Gasteiger partial charge in [0, 0.05) is 44.0 Å². The second-order valence-corrected chi connectivity index (χ2v) is 6.63. The molecule has 0 unspecified atom stereocenters. The summed E-state index contributed by atoms with van der Waals surface area (Å²) >= 11 is 0. The summed E-state index contributed by atoms with van der Waals surface area (Å²) in [5, 5.41) is 3.32. The van der Waals surface area contributed by atoms with Crippen LogP contribution in [-0.2, 0) is 11.3 Å². The van der Waals surface area contributed by atoms with Gasteiger partial charge in [0.1, 0.15) is 0 Å². The Bertz CT molecular complexity index is 465. The fourth-order valence-corrected chi connectivity index (χ4v) is 2.49. The first-order valence-electron chi connectivity index (χ1n) is 7.57. The lowest BCUT2D eigenvalue weighted by atomic mass is 10.1. The standard InChI is InChI=1S/C16H26FN3O/c1-16(2,3)19-11-12-5-8-18-15(14(12)17)20-9-6-13(21-4)7-10-20/h5,8,13,19H,6-7,9-11H2,1-4H3. The number of aromatic nitrogens is 1. The highest BCUT2D eigenvalue weighted by atomic mass is 19.1. The van der Waals surface area contributed by atoms with E-state index in [0.717, 1.165) is 25.9 Å². The van der Waals surface area contributed by atoms with Gasteiger partial charge < -0.3 is 15.0 Å². The first kappa shape index (κ1) is 16.2. The smallest absolute Gasteiger partial charge is 0.170 e. The Morgan fingerprint density at radius 2 is 2.05 bits per heavy atom. The summed E-state index contributed by atoms with van der Waals surface area (Å²) in [7, 11) is 1.73. The Kier molecular flexibility index (Phi) is 5.17. The van der Waals surface area contributed by atoms with Crippen LogP contribution < -0.4 is 10.2 Å². The SMILES string of the molecule is COC1CCN(c2nccc(CNC(C)(C)C)c2F)CC1. The van der Waals surface area contributed by atoms with Gasteiger partial charge in [0.25, 0.3) is 0 Å². The van der Waals surface area contributed by atoms with E-state index in [1.165, 1.54) is 0 Å². The average Bonchev–Trinajstić information content (AvgIpc) is 2.45. The molecule has 1 aromatic rings. The van der Waals surface area contributed by atoms with E-state index >= 15 is 0 Å². The maximum atomic E-state index is 14.6. The van der Waals surface area contributed by atoms with Crippen molar-refractivity contribution in [3.8, 4) is 0 Å². The second-order valence-electron chi connectivity index (χ2n) is 6.63. The fraction of sp³-hybridized carbons (Fsp3) is 0.688. The quantitative estimate of drug-likeness (QED) is 0.927. The molecule has 118 valence electrons. The summed E-state index contributed by atoms with van der Waals surface area (Å²) < 4.78 is 20.0. The maximum absolute atomic E-state index is 14.6. The molecule has 1 N–H and O–H groups in total. The highest BCUT2D eigenvalue weighted by molar-refractivity contribution is 5.43. The third kappa shape index (κ3) is 4.38. The van der Waals surface area contributed by atoms with Crippen LogP contribution >= 0.6 is 0 Å². The van der Waals surface area contributed by atoms with E-state index in [1.807, 2.05) is 4.90 Å². The number of hydrogen-bond donors (Lipinski definition) is 1. The van der Waals surface area contributed by atoms with E-state index in [1.54, 1.807) is 19.4 Å². The number of rotatable bonds is 4. The van der Waals surface area contributed by atoms with E-state index < -0.39 is 0 Å². The van der Waals surface area contributed by atoms with Crippen molar-refractivity contribution >= 4 is 5.82 Å². The van der Waals surface area contributed by atoms with Gasteiger partial charge in [-0.1, -0.05) is 0 Å². The van der Waals surface area contributed by atoms with Crippen molar-refractivity contribution in [2.45, 2.75) is 51.8 Å². The molecule has 5 heteroatoms. The van der Waals surface area contributed by atoms with Crippen molar-refractivity contribution in [1.82, 2.24) is 10.3 Å². The number of nitrogens with zero attached hydrogens (tertiary/aromatic N) is 2. The average molecular weight is 295 g/mol. The summed E-state index contributed by atoms with van der Waals surface area (Å²) in [6.45, 7) is 8.31. The summed E-state index contributed by atoms with van der Waals surface area (Å²) in [5.74, 6) is 0.267. The molecular formula is C16H26FN3O. The van der Waals surface area contributed by atoms with Gasteiger partial charge in [-0.15, -0.1) is 0 Å². The summed E-state index contributed by atoms with van der Waals surface area (Å²) in [4.78, 5) is 6.26. The van der Waals surface area contributed by atoms with Crippen LogP contribution in [0.15, 0.2) is 12.3 Å². The number of ether oxygens (including phenoxy) is 1. The van der Waals surface area contributed by atoms with Crippen molar-refractivity contribution in [2.24, 2.45) is 0 Å². The van der Waals surface area contributed by atoms with Gasteiger partial charge in [-0.2, -0.15) is 0 Å². The number of methoxy groups -OCH3 is 1. The minimum atomic E-state index is -0.204. The first-order chi connectivity index (χ1) is 9.90. The molecule has 1 fully saturated rings. The summed E-state index contributed by atoms with van der Waals surface area (Å²) in [6.07, 6.45) is 3.82. The van der Waals surface area contributed by atoms with E-state index in [4.69, 9.17) is 4.74 Å². The topological polar surface area (TPSA) is 37.4 Å². The fourth-order valence-electron chi connectivity index (χ4n) is 2.49. The number of halogens is 1. The first-order valence-corrected chi connectivity index (χ1v) is 7.57. The van der Waals surface area contributed by atoms with Gasteiger partial charge in [0.15, 0.2) is 11.6 Å². The van der Waals surface area contributed by atoms with Gasteiger partial charge in [-0.05, 0) is 39.7 Å². The molecule has 1 aromatic heterocycles. The van der Waals surface area contributed by atoms with E-state index in [2.05, 4.69) is 31.1 Å². The number of anilines is 1. The minimum absolute atomic E-state index is 0.0350. The number of pyridine rings is 1. The van der Waals surface area contributed by atoms with E-state index in [-0.39, 0.29) is 17.5 Å². The predicted octanol–water partition coefficient (Wildman–Crippen LogP) is 2.72. The largest absolute Gasteiger partial charge is 0.381 e. The molecule has 0 spiro atoms. The van der Waals surface area contributed by atoms with Gasteiger partial charge in [0.05, 0.1) is 6.10 Å². The van der Waals surface area contributed by atoms with Crippen LogP contribution in [0.25, 0.3) is 0 Å². The predicted molar refractivity (Wildman–Crippen MR) is 83.0 cm³/mol. The van der Waals surface area contributed by atoms with Gasteiger partial charge >= 0.3 is 0 Å². The number of hydrogen-bond acceptors (Lipinski definition) is 4. The van der Waals surface area contributed by atoms with Gasteiger partial charge in [0.2, 0.25) is 0 Å². The van der Waals surface area contributed by atoms with Crippen molar-refractivity contribution in [2.75, 3.05) is 25.1 Å². The molecule has 0 aromatic carbocycles. The minimum Gasteiger partial charge on any atom is -0.381 e. The van der Waals surface area contributed by atoms with Crippen molar-refractivity contribution < 1.29 is 9.13 Å². The zero-order valence-electron chi connectivity index (χ0n) is 13.4. The Morgan fingerprint density at radius 3 is 2.62 bits per heavy atom. The molecule has 0 amide bonds. The third-order valence-electron chi connectivity index (χ3n) is 3.83. The van der Waals surface area contributed by atoms with Crippen LogP contribution in [0.3, 0.4) is 0 Å². The maximum Gasteiger partial charge on any atom is 0.170 e. The lowest BCUT2D eigenvalue weighted by Crippen LogP contribution is -2.38. The highest BCUT2D eigenvalue weighted by Crippen LogP contribution is 2.24. The van der Waals surface area contributed by atoms with Gasteiger partial charge in [-0.25, -0.2) is 9.37 Å². The number of piperidine rings is 1. The van der Waals surface area contributed by atoms with Gasteiger partial charge in [-0.3, -0.25) is 0 Å². The van der Waals surface area contributed by atoms with E-state index in [0.29, 0.717) is 17.9 Å². The molecular weight excluding hydrogens is 269 g/mol. The zero-order chi connectivity index (χ0) is 15.5. The highest BCUT2D eigenvalue weighted by Gasteiger charge is 2.23. The molecule has 1 saturated heterocycles. The van der Waals surface area contributed by atoms with Crippen LogP contribution in [0.4, 0.5) is 10.2 Å². The molecule has 0 atom stereocenters. The monoisotopic (exact) mass is 295 g/mol. The van der Waals surface area contributed by atoms with Crippen LogP contribution in [0.1, 0.15) is 39.2 Å². The zero-order valence-corrected chi connectivity index (χ0v) is 13.4.